The molecule has 0 saturated carbocycles. The Bertz CT molecular complexity index is 331. The minimum Gasteiger partial charge on any atom is -0.492 e. The van der Waals surface area contributed by atoms with Crippen molar-refractivity contribution in [3.05, 3.63) is 28.2 Å². The first kappa shape index (κ1) is 14.5. The molecule has 0 spiro atoms. The number of ether oxygens (including phenoxy) is 2. The second kappa shape index (κ2) is 8.50. The topological polar surface area (TPSA) is 30.5 Å². The summed E-state index contributed by atoms with van der Waals surface area (Å²) < 4.78 is 11.7. The SMILES string of the molecule is COCCCNCCOc1cc(Br)ccc1C. The van der Waals surface area contributed by atoms with Crippen LogP contribution in [0.25, 0.3) is 0 Å². The van der Waals surface area contributed by atoms with Gasteiger partial charge in [0, 0.05) is 24.7 Å². The van der Waals surface area contributed by atoms with Crippen LogP contribution in [0.5, 0.6) is 5.75 Å². The smallest absolute Gasteiger partial charge is 0.123 e. The molecule has 1 rings (SSSR count). The Balaban J connectivity index is 2.15. The van der Waals surface area contributed by atoms with Gasteiger partial charge in [-0.05, 0) is 37.6 Å². The van der Waals surface area contributed by atoms with Crippen LogP contribution in [-0.4, -0.2) is 33.4 Å². The van der Waals surface area contributed by atoms with Crippen LogP contribution in [0.3, 0.4) is 0 Å². The largest absolute Gasteiger partial charge is 0.492 e. The highest BCUT2D eigenvalue weighted by atomic mass is 79.9. The fraction of sp³-hybridized carbons (Fsp3) is 0.538. The molecule has 0 aliphatic carbocycles. The quantitative estimate of drug-likeness (QED) is 0.749. The van der Waals surface area contributed by atoms with E-state index in [2.05, 4.69) is 21.2 Å². The van der Waals surface area contributed by atoms with Crippen molar-refractivity contribution in [3.8, 4) is 5.75 Å². The zero-order valence-corrected chi connectivity index (χ0v) is 12.0. The van der Waals surface area contributed by atoms with Gasteiger partial charge in [-0.1, -0.05) is 22.0 Å². The van der Waals surface area contributed by atoms with Crippen molar-refractivity contribution in [2.45, 2.75) is 13.3 Å². The van der Waals surface area contributed by atoms with E-state index in [0.717, 1.165) is 41.9 Å². The van der Waals surface area contributed by atoms with E-state index in [-0.39, 0.29) is 0 Å². The fourth-order valence-corrected chi connectivity index (χ4v) is 1.77. The van der Waals surface area contributed by atoms with Gasteiger partial charge >= 0.3 is 0 Å². The molecule has 0 fully saturated rings. The van der Waals surface area contributed by atoms with Crippen molar-refractivity contribution in [1.82, 2.24) is 5.32 Å². The number of hydrogen-bond acceptors (Lipinski definition) is 3. The summed E-state index contributed by atoms with van der Waals surface area (Å²) in [7, 11) is 1.72. The van der Waals surface area contributed by atoms with Gasteiger partial charge in [-0.3, -0.25) is 0 Å². The van der Waals surface area contributed by atoms with Crippen LogP contribution < -0.4 is 10.1 Å². The summed E-state index contributed by atoms with van der Waals surface area (Å²) in [5.74, 6) is 0.943. The highest BCUT2D eigenvalue weighted by Crippen LogP contribution is 2.22. The monoisotopic (exact) mass is 301 g/mol. The molecular weight excluding hydrogens is 282 g/mol. The molecule has 96 valence electrons. The summed E-state index contributed by atoms with van der Waals surface area (Å²) >= 11 is 3.44. The fourth-order valence-electron chi connectivity index (χ4n) is 1.43. The zero-order chi connectivity index (χ0) is 12.5. The van der Waals surface area contributed by atoms with Gasteiger partial charge in [0.2, 0.25) is 0 Å². The summed E-state index contributed by atoms with van der Waals surface area (Å²) in [5.41, 5.74) is 1.16. The lowest BCUT2D eigenvalue weighted by atomic mass is 10.2. The van der Waals surface area contributed by atoms with E-state index in [1.807, 2.05) is 25.1 Å². The Morgan fingerprint density at radius 3 is 2.82 bits per heavy atom. The molecule has 0 unspecified atom stereocenters. The van der Waals surface area contributed by atoms with Crippen molar-refractivity contribution in [2.24, 2.45) is 0 Å². The normalized spacial score (nSPS) is 10.5. The van der Waals surface area contributed by atoms with Crippen LogP contribution in [0.1, 0.15) is 12.0 Å². The number of rotatable bonds is 8. The van der Waals surface area contributed by atoms with E-state index in [4.69, 9.17) is 9.47 Å². The molecule has 4 heteroatoms. The molecule has 1 aromatic rings. The Kier molecular flexibility index (Phi) is 7.24. The maximum atomic E-state index is 5.70. The lowest BCUT2D eigenvalue weighted by Crippen LogP contribution is -2.23. The summed E-state index contributed by atoms with van der Waals surface area (Å²) in [6, 6.07) is 6.07. The third-order valence-electron chi connectivity index (χ3n) is 2.39. The molecule has 0 aliphatic rings. The lowest BCUT2D eigenvalue weighted by molar-refractivity contribution is 0.193. The zero-order valence-electron chi connectivity index (χ0n) is 10.5. The third-order valence-corrected chi connectivity index (χ3v) is 2.88. The van der Waals surface area contributed by atoms with Crippen LogP contribution in [0.15, 0.2) is 22.7 Å². The maximum absolute atomic E-state index is 5.70. The molecule has 17 heavy (non-hydrogen) atoms. The molecule has 0 aromatic heterocycles. The van der Waals surface area contributed by atoms with Crippen LogP contribution in [-0.2, 0) is 4.74 Å². The van der Waals surface area contributed by atoms with Gasteiger partial charge in [0.05, 0.1) is 0 Å². The van der Waals surface area contributed by atoms with Crippen molar-refractivity contribution < 1.29 is 9.47 Å². The molecule has 3 nitrogen and oxygen atoms in total. The van der Waals surface area contributed by atoms with Crippen LogP contribution in [0, 0.1) is 6.92 Å². The first-order chi connectivity index (χ1) is 8.24. The molecule has 0 bridgehead atoms. The summed E-state index contributed by atoms with van der Waals surface area (Å²) in [6.45, 7) is 5.36. The van der Waals surface area contributed by atoms with Crippen molar-refractivity contribution in [2.75, 3.05) is 33.4 Å². The number of nitrogens with one attached hydrogen (secondary N) is 1. The highest BCUT2D eigenvalue weighted by Gasteiger charge is 1.99. The van der Waals surface area contributed by atoms with E-state index >= 15 is 0 Å². The molecule has 0 amide bonds. The second-order valence-corrected chi connectivity index (χ2v) is 4.77. The summed E-state index contributed by atoms with van der Waals surface area (Å²) in [6.07, 6.45) is 1.03. The van der Waals surface area contributed by atoms with Gasteiger partial charge in [0.15, 0.2) is 0 Å². The van der Waals surface area contributed by atoms with E-state index in [1.54, 1.807) is 7.11 Å². The second-order valence-electron chi connectivity index (χ2n) is 3.85. The molecule has 0 aliphatic heterocycles. The molecule has 0 atom stereocenters. The van der Waals surface area contributed by atoms with Crippen molar-refractivity contribution >= 4 is 15.9 Å². The first-order valence-electron chi connectivity index (χ1n) is 5.82. The van der Waals surface area contributed by atoms with Crippen LogP contribution in [0.4, 0.5) is 0 Å². The average Bonchev–Trinajstić information content (AvgIpc) is 2.32. The summed E-state index contributed by atoms with van der Waals surface area (Å²) in [4.78, 5) is 0. The Labute approximate surface area is 112 Å². The van der Waals surface area contributed by atoms with E-state index < -0.39 is 0 Å². The molecular formula is C13H20BrNO2. The molecule has 1 N–H and O–H groups in total. The van der Waals surface area contributed by atoms with Gasteiger partial charge in [0.1, 0.15) is 12.4 Å². The number of hydrogen-bond donors (Lipinski definition) is 1. The molecule has 0 radical (unpaired) electrons. The third kappa shape index (κ3) is 6.05. The van der Waals surface area contributed by atoms with Crippen LogP contribution >= 0.6 is 15.9 Å². The first-order valence-corrected chi connectivity index (χ1v) is 6.62. The maximum Gasteiger partial charge on any atom is 0.123 e. The van der Waals surface area contributed by atoms with Gasteiger partial charge in [-0.25, -0.2) is 0 Å². The number of halogens is 1. The predicted octanol–water partition coefficient (Wildman–Crippen LogP) is 2.76. The number of aryl methyl sites for hydroxylation is 1. The van der Waals surface area contributed by atoms with Crippen molar-refractivity contribution in [3.63, 3.8) is 0 Å². The standard InChI is InChI=1S/C13H20BrNO2/c1-11-4-5-12(14)10-13(11)17-9-7-15-6-3-8-16-2/h4-5,10,15H,3,6-9H2,1-2H3. The Morgan fingerprint density at radius 1 is 1.24 bits per heavy atom. The Hall–Kier alpha value is -0.580. The minimum absolute atomic E-state index is 0.685. The summed E-state index contributed by atoms with van der Waals surface area (Å²) in [5, 5.41) is 3.31. The Morgan fingerprint density at radius 2 is 2.06 bits per heavy atom. The number of methoxy groups -OCH3 is 1. The molecule has 0 heterocycles. The average molecular weight is 302 g/mol. The van der Waals surface area contributed by atoms with E-state index in [0.29, 0.717) is 6.61 Å². The predicted molar refractivity (Wildman–Crippen MR) is 73.7 cm³/mol. The minimum atomic E-state index is 0.685. The van der Waals surface area contributed by atoms with Crippen molar-refractivity contribution in [1.29, 1.82) is 0 Å². The van der Waals surface area contributed by atoms with E-state index in [9.17, 15) is 0 Å². The van der Waals surface area contributed by atoms with E-state index in [1.165, 1.54) is 0 Å². The molecule has 1 aromatic carbocycles. The highest BCUT2D eigenvalue weighted by molar-refractivity contribution is 9.10. The van der Waals surface area contributed by atoms with Gasteiger partial charge in [0.25, 0.3) is 0 Å². The van der Waals surface area contributed by atoms with Gasteiger partial charge in [-0.2, -0.15) is 0 Å². The van der Waals surface area contributed by atoms with Gasteiger partial charge < -0.3 is 14.8 Å². The number of benzene rings is 1. The van der Waals surface area contributed by atoms with Crippen LogP contribution in [0.2, 0.25) is 0 Å². The molecule has 0 saturated heterocycles. The lowest BCUT2D eigenvalue weighted by Gasteiger charge is -2.10. The van der Waals surface area contributed by atoms with Gasteiger partial charge in [-0.15, -0.1) is 0 Å².